The Labute approximate surface area is 121 Å². The van der Waals surface area contributed by atoms with Crippen molar-refractivity contribution in [3.8, 4) is 0 Å². The third-order valence-corrected chi connectivity index (χ3v) is 7.37. The number of hydrogen-bond acceptors (Lipinski definition) is 5. The van der Waals surface area contributed by atoms with E-state index in [-0.39, 0.29) is 0 Å². The third-order valence-electron chi connectivity index (χ3n) is 3.98. The Hall–Kier alpha value is -0.180. The van der Waals surface area contributed by atoms with Gasteiger partial charge in [-0.1, -0.05) is 38.5 Å². The summed E-state index contributed by atoms with van der Waals surface area (Å²) < 4.78 is 55.6. The van der Waals surface area contributed by atoms with Crippen molar-refractivity contribution in [2.75, 3.05) is 0 Å². The maximum absolute atomic E-state index is 12.0. The molecule has 2 fully saturated rings. The molecule has 2 saturated carbocycles. The Morgan fingerprint density at radius 2 is 1.25 bits per heavy atom. The van der Waals surface area contributed by atoms with E-state index in [1.54, 1.807) is 0 Å². The summed E-state index contributed by atoms with van der Waals surface area (Å²) in [4.78, 5) is 0. The van der Waals surface area contributed by atoms with Crippen molar-refractivity contribution in [3.05, 3.63) is 4.13 Å². The van der Waals surface area contributed by atoms with Crippen molar-refractivity contribution in [1.82, 2.24) is 0 Å². The Kier molecular flexibility index (Phi) is 5.44. The summed E-state index contributed by atoms with van der Waals surface area (Å²) in [6.07, 6.45) is 7.37. The third kappa shape index (κ3) is 4.68. The van der Waals surface area contributed by atoms with Gasteiger partial charge in [0.2, 0.25) is 10.3 Å². The average Bonchev–Trinajstić information content (AvgIpc) is 2.39. The lowest BCUT2D eigenvalue weighted by molar-refractivity contribution is 0.164. The highest BCUT2D eigenvalue weighted by molar-refractivity contribution is 8.10. The molecule has 20 heavy (non-hydrogen) atoms. The highest BCUT2D eigenvalue weighted by Crippen LogP contribution is 2.30. The fourth-order valence-electron chi connectivity index (χ4n) is 2.90. The molecule has 0 atom stereocenters. The fraction of sp³-hybridized carbons (Fsp3) is 1.00. The summed E-state index contributed by atoms with van der Waals surface area (Å²) in [5, 5.41) is -0.666. The molecule has 0 aromatic rings. The van der Waals surface area contributed by atoms with E-state index in [4.69, 9.17) is 4.18 Å². The van der Waals surface area contributed by atoms with Crippen LogP contribution in [0.3, 0.4) is 0 Å². The fourth-order valence-corrected chi connectivity index (χ4v) is 6.01. The van der Waals surface area contributed by atoms with E-state index in [1.807, 2.05) is 0 Å². The Morgan fingerprint density at radius 1 is 0.750 bits per heavy atom. The van der Waals surface area contributed by atoms with Crippen LogP contribution in [0, 0.1) is 0 Å². The SMILES string of the molecule is O=S(=O)([N-]S(=O)(=O)C1CCCCC1)OC1CCCCC1. The number of rotatable bonds is 5. The van der Waals surface area contributed by atoms with Crippen LogP contribution in [0.2, 0.25) is 0 Å². The molecular formula is C12H22NO5S2-. The summed E-state index contributed by atoms with van der Waals surface area (Å²) in [5.74, 6) is 0. The van der Waals surface area contributed by atoms with E-state index in [0.717, 1.165) is 38.5 Å². The predicted octanol–water partition coefficient (Wildman–Crippen LogP) is 2.62. The Balaban J connectivity index is 1.95. The van der Waals surface area contributed by atoms with E-state index < -0.39 is 31.7 Å². The van der Waals surface area contributed by atoms with Crippen molar-refractivity contribution >= 4 is 20.3 Å². The van der Waals surface area contributed by atoms with Gasteiger partial charge in [0.05, 0.1) is 16.1 Å². The molecule has 118 valence electrons. The van der Waals surface area contributed by atoms with Gasteiger partial charge in [-0.15, -0.1) is 0 Å². The molecule has 0 aromatic heterocycles. The summed E-state index contributed by atoms with van der Waals surface area (Å²) >= 11 is 0. The molecule has 0 bridgehead atoms. The second kappa shape index (κ2) is 6.72. The van der Waals surface area contributed by atoms with Crippen LogP contribution in [-0.4, -0.2) is 28.2 Å². The van der Waals surface area contributed by atoms with E-state index >= 15 is 0 Å². The number of sulfonamides is 1. The first kappa shape index (κ1) is 16.2. The van der Waals surface area contributed by atoms with Gasteiger partial charge < -0.3 is 4.13 Å². The van der Waals surface area contributed by atoms with Gasteiger partial charge in [0.1, 0.15) is 0 Å². The molecule has 0 unspecified atom stereocenters. The monoisotopic (exact) mass is 324 g/mol. The molecule has 2 rings (SSSR count). The van der Waals surface area contributed by atoms with Crippen LogP contribution in [0.15, 0.2) is 0 Å². The molecule has 0 radical (unpaired) electrons. The Morgan fingerprint density at radius 3 is 1.80 bits per heavy atom. The van der Waals surface area contributed by atoms with Gasteiger partial charge in [-0.3, -0.25) is 4.18 Å². The highest BCUT2D eigenvalue weighted by Gasteiger charge is 2.25. The summed E-state index contributed by atoms with van der Waals surface area (Å²) in [7, 11) is -8.33. The van der Waals surface area contributed by atoms with Crippen molar-refractivity contribution in [1.29, 1.82) is 0 Å². The lowest BCUT2D eigenvalue weighted by Crippen LogP contribution is -2.27. The van der Waals surface area contributed by atoms with Crippen LogP contribution in [0.5, 0.6) is 0 Å². The average molecular weight is 324 g/mol. The molecule has 0 saturated heterocycles. The first-order valence-corrected chi connectivity index (χ1v) is 10.2. The van der Waals surface area contributed by atoms with Crippen LogP contribution < -0.4 is 0 Å². The van der Waals surface area contributed by atoms with Crippen LogP contribution >= 0.6 is 0 Å². The largest absolute Gasteiger partial charge is 0.412 e. The minimum atomic E-state index is -4.35. The minimum absolute atomic E-state index is 0.418. The molecule has 0 spiro atoms. The van der Waals surface area contributed by atoms with E-state index in [0.29, 0.717) is 25.7 Å². The molecular weight excluding hydrogens is 302 g/mol. The first-order valence-electron chi connectivity index (χ1n) is 7.30. The van der Waals surface area contributed by atoms with Crippen molar-refractivity contribution in [2.45, 2.75) is 75.6 Å². The zero-order valence-electron chi connectivity index (χ0n) is 11.5. The molecule has 2 aliphatic carbocycles. The molecule has 8 heteroatoms. The quantitative estimate of drug-likeness (QED) is 0.775. The summed E-state index contributed by atoms with van der Waals surface area (Å²) in [6.45, 7) is 0. The molecule has 0 aromatic carbocycles. The van der Waals surface area contributed by atoms with Gasteiger partial charge in [0, 0.05) is 5.25 Å². The molecule has 0 heterocycles. The summed E-state index contributed by atoms with van der Waals surface area (Å²) in [6, 6.07) is 0. The Bertz CT molecular complexity index is 502. The van der Waals surface area contributed by atoms with Crippen LogP contribution in [0.4, 0.5) is 0 Å². The zero-order chi connectivity index (χ0) is 14.6. The normalized spacial score (nSPS) is 23.8. The molecule has 0 aliphatic heterocycles. The van der Waals surface area contributed by atoms with E-state index in [9.17, 15) is 16.8 Å². The lowest BCUT2D eigenvalue weighted by atomic mass is 9.98. The highest BCUT2D eigenvalue weighted by atomic mass is 32.3. The van der Waals surface area contributed by atoms with E-state index in [1.165, 1.54) is 0 Å². The van der Waals surface area contributed by atoms with Gasteiger partial charge in [0.25, 0.3) is 0 Å². The number of hydrogen-bond donors (Lipinski definition) is 0. The standard InChI is InChI=1S/C12H22NO5S2/c14-19(15,12-9-5-2-6-10-12)13-20(16,17)18-11-7-3-1-4-8-11/h11-12H,1-10H2/q-1. The van der Waals surface area contributed by atoms with Crippen molar-refractivity contribution in [2.24, 2.45) is 0 Å². The van der Waals surface area contributed by atoms with Crippen molar-refractivity contribution < 1.29 is 21.0 Å². The van der Waals surface area contributed by atoms with Crippen LogP contribution in [0.25, 0.3) is 4.13 Å². The molecule has 0 amide bonds. The van der Waals surface area contributed by atoms with Gasteiger partial charge >= 0.3 is 0 Å². The smallest absolute Gasteiger partial charge is 0.202 e. The second-order valence-electron chi connectivity index (χ2n) is 5.63. The van der Waals surface area contributed by atoms with Crippen LogP contribution in [-0.2, 0) is 24.5 Å². The number of nitrogens with zero attached hydrogens (tertiary/aromatic N) is 1. The molecule has 2 aliphatic rings. The second-order valence-corrected chi connectivity index (χ2v) is 8.97. The van der Waals surface area contributed by atoms with Gasteiger partial charge in [-0.05, 0) is 25.7 Å². The van der Waals surface area contributed by atoms with Gasteiger partial charge in [0.15, 0.2) is 0 Å². The first-order chi connectivity index (χ1) is 9.39. The van der Waals surface area contributed by atoms with Crippen molar-refractivity contribution in [3.63, 3.8) is 0 Å². The van der Waals surface area contributed by atoms with Crippen LogP contribution in [0.1, 0.15) is 64.2 Å². The zero-order valence-corrected chi connectivity index (χ0v) is 13.2. The molecule has 6 nitrogen and oxygen atoms in total. The maximum atomic E-state index is 12.0. The predicted molar refractivity (Wildman–Crippen MR) is 76.0 cm³/mol. The maximum Gasteiger partial charge on any atom is 0.202 e. The molecule has 0 N–H and O–H groups in total. The topological polar surface area (TPSA) is 91.6 Å². The van der Waals surface area contributed by atoms with Gasteiger partial charge in [-0.2, -0.15) is 0 Å². The van der Waals surface area contributed by atoms with Gasteiger partial charge in [-0.25, -0.2) is 16.8 Å². The van der Waals surface area contributed by atoms with E-state index in [2.05, 4.69) is 4.13 Å². The summed E-state index contributed by atoms with van der Waals surface area (Å²) in [5.41, 5.74) is 0. The minimum Gasteiger partial charge on any atom is -0.412 e. The lowest BCUT2D eigenvalue weighted by Gasteiger charge is -2.31.